The highest BCUT2D eigenvalue weighted by Crippen LogP contribution is 2.59. The molecule has 9 rings (SSSR count). The fourth-order valence-electron chi connectivity index (χ4n) is 8.47. The van der Waals surface area contributed by atoms with Crippen molar-refractivity contribution in [3.8, 4) is 33.4 Å². The van der Waals surface area contributed by atoms with E-state index in [1.54, 1.807) is 0 Å². The van der Waals surface area contributed by atoms with Crippen molar-refractivity contribution in [3.63, 3.8) is 0 Å². The average molecular weight is 707 g/mol. The lowest BCUT2D eigenvalue weighted by atomic mass is 9.66. The Kier molecular flexibility index (Phi) is 9.24. The molecule has 7 aromatic rings. The largest absolute Gasteiger partial charge is 0.383 e. The van der Waals surface area contributed by atoms with E-state index < -0.39 is 0 Å². The first kappa shape index (κ1) is 34.0. The highest BCUT2D eigenvalue weighted by Gasteiger charge is 2.47. The summed E-state index contributed by atoms with van der Waals surface area (Å²) in [7, 11) is 0. The number of rotatable bonds is 9. The third-order valence-corrected chi connectivity index (χ3v) is 11.1. The fourth-order valence-corrected chi connectivity index (χ4v) is 8.47. The SMILES string of the molecule is NC(=N/C(=C\Cc1ccccc1)c1ccc(-c2ccc(-c3cccc4c3-c3ccccc3C4(C3=CCCC=C3)c3ccccc3)cc2)cc1)c1ccccc1. The van der Waals surface area contributed by atoms with Crippen molar-refractivity contribution in [3.05, 3.63) is 245 Å². The molecule has 0 radical (unpaired) electrons. The van der Waals surface area contributed by atoms with Crippen LogP contribution in [0.25, 0.3) is 39.1 Å². The van der Waals surface area contributed by atoms with Crippen molar-refractivity contribution in [1.29, 1.82) is 0 Å². The summed E-state index contributed by atoms with van der Waals surface area (Å²) in [6.45, 7) is 0. The molecule has 1 unspecified atom stereocenters. The highest BCUT2D eigenvalue weighted by atomic mass is 14.9. The van der Waals surface area contributed by atoms with Gasteiger partial charge in [0.2, 0.25) is 0 Å². The Labute approximate surface area is 324 Å². The number of aliphatic imine (C=N–C) groups is 1. The second-order valence-corrected chi connectivity index (χ2v) is 14.3. The summed E-state index contributed by atoms with van der Waals surface area (Å²) in [5, 5.41) is 0. The Balaban J connectivity index is 1.07. The quantitative estimate of drug-likeness (QED) is 0.118. The van der Waals surface area contributed by atoms with Gasteiger partial charge in [-0.1, -0.05) is 206 Å². The van der Waals surface area contributed by atoms with Gasteiger partial charge in [0.15, 0.2) is 0 Å². The molecule has 0 heterocycles. The minimum atomic E-state index is -0.369. The number of hydrogen-bond donors (Lipinski definition) is 1. The maximum atomic E-state index is 6.53. The van der Waals surface area contributed by atoms with Gasteiger partial charge in [0.25, 0.3) is 0 Å². The van der Waals surface area contributed by atoms with E-state index in [9.17, 15) is 0 Å². The number of amidine groups is 1. The Morgan fingerprint density at radius 1 is 0.545 bits per heavy atom. The number of hydrogen-bond acceptors (Lipinski definition) is 1. The number of allylic oxidation sites excluding steroid dienone is 5. The highest BCUT2D eigenvalue weighted by molar-refractivity contribution is 6.00. The molecule has 0 aromatic heterocycles. The van der Waals surface area contributed by atoms with Crippen LogP contribution in [0.15, 0.2) is 217 Å². The lowest BCUT2D eigenvalue weighted by Crippen LogP contribution is -2.29. The van der Waals surface area contributed by atoms with Gasteiger partial charge in [0, 0.05) is 5.56 Å². The van der Waals surface area contributed by atoms with Crippen molar-refractivity contribution in [1.82, 2.24) is 0 Å². The second kappa shape index (κ2) is 14.9. The molecule has 2 nitrogen and oxygen atoms in total. The first-order valence-electron chi connectivity index (χ1n) is 19.2. The second-order valence-electron chi connectivity index (χ2n) is 14.3. The molecule has 55 heavy (non-hydrogen) atoms. The van der Waals surface area contributed by atoms with Crippen LogP contribution in [0.2, 0.25) is 0 Å². The molecule has 7 aromatic carbocycles. The zero-order chi connectivity index (χ0) is 37.0. The number of fused-ring (bicyclic) bond motifs is 3. The summed E-state index contributed by atoms with van der Waals surface area (Å²) in [5.41, 5.74) is 23.0. The maximum Gasteiger partial charge on any atom is 0.131 e. The fraction of sp³-hybridized carbons (Fsp3) is 0.0755. The molecule has 2 N–H and O–H groups in total. The molecule has 0 fully saturated rings. The molecule has 0 bridgehead atoms. The monoisotopic (exact) mass is 706 g/mol. The van der Waals surface area contributed by atoms with Crippen LogP contribution in [0.4, 0.5) is 0 Å². The normalized spacial score (nSPS) is 16.3. The first-order valence-corrected chi connectivity index (χ1v) is 19.2. The summed E-state index contributed by atoms with van der Waals surface area (Å²) >= 11 is 0. The van der Waals surface area contributed by atoms with Gasteiger partial charge in [-0.2, -0.15) is 0 Å². The van der Waals surface area contributed by atoms with E-state index in [0.29, 0.717) is 5.84 Å². The smallest absolute Gasteiger partial charge is 0.131 e. The van der Waals surface area contributed by atoms with Gasteiger partial charge >= 0.3 is 0 Å². The third-order valence-electron chi connectivity index (χ3n) is 11.1. The lowest BCUT2D eigenvalue weighted by molar-refractivity contribution is 0.751. The first-order chi connectivity index (χ1) is 27.2. The van der Waals surface area contributed by atoms with E-state index in [1.807, 2.05) is 36.4 Å². The summed E-state index contributed by atoms with van der Waals surface area (Å²) < 4.78 is 0. The van der Waals surface area contributed by atoms with Gasteiger partial charge in [-0.05, 0) is 86.0 Å². The van der Waals surface area contributed by atoms with Crippen LogP contribution in [0, 0.1) is 0 Å². The molecule has 0 spiro atoms. The molecule has 0 saturated carbocycles. The van der Waals surface area contributed by atoms with Gasteiger partial charge in [-0.15, -0.1) is 0 Å². The van der Waals surface area contributed by atoms with Crippen LogP contribution >= 0.6 is 0 Å². The van der Waals surface area contributed by atoms with E-state index in [-0.39, 0.29) is 5.41 Å². The topological polar surface area (TPSA) is 38.4 Å². The van der Waals surface area contributed by atoms with Crippen LogP contribution in [-0.2, 0) is 11.8 Å². The van der Waals surface area contributed by atoms with Crippen LogP contribution < -0.4 is 5.73 Å². The molecule has 2 aliphatic carbocycles. The minimum absolute atomic E-state index is 0.369. The van der Waals surface area contributed by atoms with Crippen molar-refractivity contribution >= 4 is 11.5 Å². The van der Waals surface area contributed by atoms with Crippen molar-refractivity contribution in [2.75, 3.05) is 0 Å². The van der Waals surface area contributed by atoms with Gasteiger partial charge in [0.05, 0.1) is 11.1 Å². The molecule has 264 valence electrons. The summed E-state index contributed by atoms with van der Waals surface area (Å²) in [6.07, 6.45) is 12.2. The average Bonchev–Trinajstić information content (AvgIpc) is 3.58. The Morgan fingerprint density at radius 3 is 1.85 bits per heavy atom. The van der Waals surface area contributed by atoms with Gasteiger partial charge in [0.1, 0.15) is 5.84 Å². The predicted octanol–water partition coefficient (Wildman–Crippen LogP) is 12.6. The maximum absolute atomic E-state index is 6.53. The van der Waals surface area contributed by atoms with Gasteiger partial charge < -0.3 is 5.73 Å². The zero-order valence-corrected chi connectivity index (χ0v) is 30.8. The predicted molar refractivity (Wildman–Crippen MR) is 231 cm³/mol. The summed E-state index contributed by atoms with van der Waals surface area (Å²) in [4.78, 5) is 4.93. The summed E-state index contributed by atoms with van der Waals surface area (Å²) in [5.74, 6) is 0.502. The standard InChI is InChI=1S/C53H42N2/c54-52(43-18-7-2-8-19-43)55-50(37-28-38-16-5-1-6-17-38)42-35-31-40(32-36-42)39-29-33-41(34-30-39)46-25-15-27-49-51(46)47-24-13-14-26-48(47)53(49,44-20-9-3-10-21-44)45-22-11-4-12-23-45/h1-3,5-11,13-27,29-37H,4,12,28H2,(H2,54,55)/b50-37-. The molecular formula is C53H42N2. The van der Waals surface area contributed by atoms with E-state index >= 15 is 0 Å². The zero-order valence-electron chi connectivity index (χ0n) is 30.8. The lowest BCUT2D eigenvalue weighted by Gasteiger charge is -2.35. The van der Waals surface area contributed by atoms with Crippen LogP contribution in [0.1, 0.15) is 46.2 Å². The van der Waals surface area contributed by atoms with Crippen LogP contribution in [0.3, 0.4) is 0 Å². The third kappa shape index (κ3) is 6.36. The molecule has 0 aliphatic heterocycles. The van der Waals surface area contributed by atoms with E-state index in [2.05, 4.69) is 170 Å². The summed E-state index contributed by atoms with van der Waals surface area (Å²) in [6, 6.07) is 65.1. The Bertz CT molecular complexity index is 2580. The van der Waals surface area contributed by atoms with Crippen molar-refractivity contribution < 1.29 is 0 Å². The number of nitrogens with two attached hydrogens (primary N) is 1. The molecular weight excluding hydrogens is 665 g/mol. The van der Waals surface area contributed by atoms with Crippen LogP contribution in [0.5, 0.6) is 0 Å². The number of nitrogens with zero attached hydrogens (tertiary/aromatic N) is 1. The van der Waals surface area contributed by atoms with Gasteiger partial charge in [-0.25, -0.2) is 4.99 Å². The Hall–Kier alpha value is -6.77. The molecule has 0 amide bonds. The molecule has 2 aliphatic rings. The van der Waals surface area contributed by atoms with Crippen molar-refractivity contribution in [2.24, 2.45) is 10.7 Å². The molecule has 0 saturated heterocycles. The van der Waals surface area contributed by atoms with Gasteiger partial charge in [-0.3, -0.25) is 0 Å². The van der Waals surface area contributed by atoms with E-state index in [0.717, 1.165) is 41.6 Å². The minimum Gasteiger partial charge on any atom is -0.383 e. The molecule has 1 atom stereocenters. The van der Waals surface area contributed by atoms with Crippen LogP contribution in [-0.4, -0.2) is 5.84 Å². The van der Waals surface area contributed by atoms with Crippen molar-refractivity contribution in [2.45, 2.75) is 24.7 Å². The molecule has 2 heteroatoms. The number of benzene rings is 7. The Morgan fingerprint density at radius 2 is 1.15 bits per heavy atom. The van der Waals surface area contributed by atoms with E-state index in [1.165, 1.54) is 55.6 Å². The van der Waals surface area contributed by atoms with E-state index in [4.69, 9.17) is 10.7 Å².